The smallest absolute Gasteiger partial charge is 0.308 e. The van der Waals surface area contributed by atoms with E-state index in [2.05, 4.69) is 13.8 Å². The van der Waals surface area contributed by atoms with E-state index in [4.69, 9.17) is 14.6 Å². The molecule has 0 spiro atoms. The standard InChI is InChI=1S/C18H25NO5/c1-12(2)10-23-14-5-4-6-15(7-14)24-11-17(20)19-8-13(3)16(9-19)18(21)22/h4-7,12-13,16H,8-11H2,1-3H3,(H,21,22)/t13-,16-/m1/s1. The van der Waals surface area contributed by atoms with Crippen LogP contribution in [-0.2, 0) is 9.59 Å². The van der Waals surface area contributed by atoms with Crippen LogP contribution in [0.25, 0.3) is 0 Å². The van der Waals surface area contributed by atoms with Gasteiger partial charge in [-0.15, -0.1) is 0 Å². The predicted octanol–water partition coefficient (Wildman–Crippen LogP) is 2.28. The number of nitrogens with zero attached hydrogens (tertiary/aromatic N) is 1. The summed E-state index contributed by atoms with van der Waals surface area (Å²) in [5.74, 6) is 0.102. The lowest BCUT2D eigenvalue weighted by atomic mass is 9.99. The summed E-state index contributed by atoms with van der Waals surface area (Å²) in [6, 6.07) is 7.18. The Morgan fingerprint density at radius 2 is 1.92 bits per heavy atom. The second-order valence-corrected chi connectivity index (χ2v) is 6.69. The van der Waals surface area contributed by atoms with Crippen LogP contribution < -0.4 is 9.47 Å². The van der Waals surface area contributed by atoms with E-state index in [-0.39, 0.29) is 25.0 Å². The normalized spacial score (nSPS) is 20.2. The molecule has 1 aliphatic rings. The Bertz CT molecular complexity index is 587. The van der Waals surface area contributed by atoms with E-state index in [0.29, 0.717) is 30.6 Å². The molecule has 1 aromatic carbocycles. The van der Waals surface area contributed by atoms with E-state index < -0.39 is 11.9 Å². The fraction of sp³-hybridized carbons (Fsp3) is 0.556. The number of hydrogen-bond donors (Lipinski definition) is 1. The molecule has 132 valence electrons. The summed E-state index contributed by atoms with van der Waals surface area (Å²) in [7, 11) is 0. The molecule has 0 unspecified atom stereocenters. The molecule has 1 saturated heterocycles. The Balaban J connectivity index is 1.86. The topological polar surface area (TPSA) is 76.1 Å². The summed E-state index contributed by atoms with van der Waals surface area (Å²) in [5, 5.41) is 9.13. The van der Waals surface area contributed by atoms with Crippen LogP contribution in [0.3, 0.4) is 0 Å². The van der Waals surface area contributed by atoms with Gasteiger partial charge in [0.1, 0.15) is 11.5 Å². The number of amides is 1. The number of likely N-dealkylation sites (tertiary alicyclic amines) is 1. The number of aliphatic carboxylic acids is 1. The van der Waals surface area contributed by atoms with Gasteiger partial charge in [0.15, 0.2) is 6.61 Å². The minimum atomic E-state index is -0.853. The number of carboxylic acids is 1. The van der Waals surface area contributed by atoms with Crippen LogP contribution in [0.5, 0.6) is 11.5 Å². The molecule has 0 radical (unpaired) electrons. The maximum Gasteiger partial charge on any atom is 0.308 e. The van der Waals surface area contributed by atoms with Crippen LogP contribution in [0.4, 0.5) is 0 Å². The number of hydrogen-bond acceptors (Lipinski definition) is 4. The largest absolute Gasteiger partial charge is 0.493 e. The summed E-state index contributed by atoms with van der Waals surface area (Å²) < 4.78 is 11.2. The monoisotopic (exact) mass is 335 g/mol. The van der Waals surface area contributed by atoms with Gasteiger partial charge in [-0.05, 0) is 24.0 Å². The minimum absolute atomic E-state index is 0.0424. The molecule has 0 aliphatic carbocycles. The van der Waals surface area contributed by atoms with Gasteiger partial charge in [-0.3, -0.25) is 9.59 Å². The third kappa shape index (κ3) is 4.88. The van der Waals surface area contributed by atoms with Crippen LogP contribution in [0.15, 0.2) is 24.3 Å². The summed E-state index contributed by atoms with van der Waals surface area (Å²) in [6.45, 7) is 7.20. The van der Waals surface area contributed by atoms with Crippen LogP contribution in [0.1, 0.15) is 20.8 Å². The molecule has 1 N–H and O–H groups in total. The van der Waals surface area contributed by atoms with Gasteiger partial charge in [-0.1, -0.05) is 26.8 Å². The zero-order valence-corrected chi connectivity index (χ0v) is 14.4. The lowest BCUT2D eigenvalue weighted by Crippen LogP contribution is -2.33. The van der Waals surface area contributed by atoms with Gasteiger partial charge < -0.3 is 19.5 Å². The van der Waals surface area contributed by atoms with E-state index >= 15 is 0 Å². The van der Waals surface area contributed by atoms with E-state index in [1.807, 2.05) is 19.1 Å². The van der Waals surface area contributed by atoms with E-state index in [1.54, 1.807) is 17.0 Å². The first-order valence-corrected chi connectivity index (χ1v) is 8.23. The molecular formula is C18H25NO5. The molecule has 24 heavy (non-hydrogen) atoms. The van der Waals surface area contributed by atoms with E-state index in [0.717, 1.165) is 0 Å². The molecule has 0 aromatic heterocycles. The average Bonchev–Trinajstić information content (AvgIpc) is 2.93. The fourth-order valence-corrected chi connectivity index (χ4v) is 2.64. The molecule has 1 amide bonds. The van der Waals surface area contributed by atoms with Gasteiger partial charge in [0.05, 0.1) is 12.5 Å². The second kappa shape index (κ2) is 8.04. The van der Waals surface area contributed by atoms with Crippen LogP contribution >= 0.6 is 0 Å². The highest BCUT2D eigenvalue weighted by Crippen LogP contribution is 2.24. The highest BCUT2D eigenvalue weighted by molar-refractivity contribution is 5.80. The van der Waals surface area contributed by atoms with Gasteiger partial charge in [-0.25, -0.2) is 0 Å². The molecule has 1 aromatic rings. The third-order valence-electron chi connectivity index (χ3n) is 4.03. The summed E-state index contributed by atoms with van der Waals surface area (Å²) in [6.07, 6.45) is 0. The summed E-state index contributed by atoms with van der Waals surface area (Å²) in [4.78, 5) is 24.9. The van der Waals surface area contributed by atoms with E-state index in [1.165, 1.54) is 0 Å². The average molecular weight is 335 g/mol. The molecule has 1 heterocycles. The van der Waals surface area contributed by atoms with Crippen molar-refractivity contribution in [2.24, 2.45) is 17.8 Å². The maximum absolute atomic E-state index is 12.2. The van der Waals surface area contributed by atoms with Gasteiger partial charge in [0.2, 0.25) is 0 Å². The van der Waals surface area contributed by atoms with Crippen molar-refractivity contribution in [3.05, 3.63) is 24.3 Å². The Labute approximate surface area is 142 Å². The lowest BCUT2D eigenvalue weighted by Gasteiger charge is -2.16. The van der Waals surface area contributed by atoms with Crippen molar-refractivity contribution in [1.82, 2.24) is 4.90 Å². The van der Waals surface area contributed by atoms with Gasteiger partial charge in [0.25, 0.3) is 5.91 Å². The number of carboxylic acid groups (broad SMARTS) is 1. The number of ether oxygens (including phenoxy) is 2. The van der Waals surface area contributed by atoms with Crippen molar-refractivity contribution in [3.63, 3.8) is 0 Å². The molecular weight excluding hydrogens is 310 g/mol. The van der Waals surface area contributed by atoms with Crippen LogP contribution in [0.2, 0.25) is 0 Å². The first kappa shape index (κ1) is 18.1. The minimum Gasteiger partial charge on any atom is -0.493 e. The Morgan fingerprint density at radius 3 is 2.50 bits per heavy atom. The number of carbonyl (C=O) groups excluding carboxylic acids is 1. The zero-order valence-electron chi connectivity index (χ0n) is 14.4. The Hall–Kier alpha value is -2.24. The fourth-order valence-electron chi connectivity index (χ4n) is 2.64. The van der Waals surface area contributed by atoms with Gasteiger partial charge in [0, 0.05) is 19.2 Å². The SMILES string of the molecule is CC(C)COc1cccc(OCC(=O)N2C[C@@H](C)[C@H](C(=O)O)C2)c1. The molecule has 6 heteroatoms. The predicted molar refractivity (Wildman–Crippen MR) is 89.1 cm³/mol. The number of rotatable bonds is 7. The molecule has 2 rings (SSSR count). The molecule has 1 aliphatic heterocycles. The Kier molecular flexibility index (Phi) is 6.06. The maximum atomic E-state index is 12.2. The molecule has 2 atom stereocenters. The first-order valence-electron chi connectivity index (χ1n) is 8.23. The third-order valence-corrected chi connectivity index (χ3v) is 4.03. The zero-order chi connectivity index (χ0) is 17.7. The van der Waals surface area contributed by atoms with Crippen molar-refractivity contribution < 1.29 is 24.2 Å². The van der Waals surface area contributed by atoms with Crippen molar-refractivity contribution in [1.29, 1.82) is 0 Å². The molecule has 0 saturated carbocycles. The Morgan fingerprint density at radius 1 is 1.25 bits per heavy atom. The molecule has 6 nitrogen and oxygen atoms in total. The van der Waals surface area contributed by atoms with Gasteiger partial charge >= 0.3 is 5.97 Å². The summed E-state index contributed by atoms with van der Waals surface area (Å²) >= 11 is 0. The summed E-state index contributed by atoms with van der Waals surface area (Å²) in [5.41, 5.74) is 0. The van der Waals surface area contributed by atoms with Gasteiger partial charge in [-0.2, -0.15) is 0 Å². The quantitative estimate of drug-likeness (QED) is 0.827. The van der Waals surface area contributed by atoms with Crippen molar-refractivity contribution in [3.8, 4) is 11.5 Å². The molecule has 0 bridgehead atoms. The molecule has 1 fully saturated rings. The van der Waals surface area contributed by atoms with E-state index in [9.17, 15) is 9.59 Å². The van der Waals surface area contributed by atoms with Crippen molar-refractivity contribution >= 4 is 11.9 Å². The first-order chi connectivity index (χ1) is 11.4. The highest BCUT2D eigenvalue weighted by atomic mass is 16.5. The lowest BCUT2D eigenvalue weighted by molar-refractivity contribution is -0.142. The van der Waals surface area contributed by atoms with Crippen molar-refractivity contribution in [2.45, 2.75) is 20.8 Å². The second-order valence-electron chi connectivity index (χ2n) is 6.69. The number of carbonyl (C=O) groups is 2. The van der Waals surface area contributed by atoms with Crippen molar-refractivity contribution in [2.75, 3.05) is 26.3 Å². The number of benzene rings is 1. The van der Waals surface area contributed by atoms with Crippen LogP contribution in [-0.4, -0.2) is 48.2 Å². The van der Waals surface area contributed by atoms with Crippen LogP contribution in [0, 0.1) is 17.8 Å². The highest BCUT2D eigenvalue weighted by Gasteiger charge is 2.36.